The summed E-state index contributed by atoms with van der Waals surface area (Å²) in [6.45, 7) is 10.9. The van der Waals surface area contributed by atoms with E-state index < -0.39 is 5.97 Å². The van der Waals surface area contributed by atoms with Crippen molar-refractivity contribution in [1.82, 2.24) is 14.7 Å². The molecule has 8 heteroatoms. The molecule has 0 saturated carbocycles. The third kappa shape index (κ3) is 6.86. The number of piperidine rings is 1. The second kappa shape index (κ2) is 12.5. The molecule has 224 valence electrons. The van der Waals surface area contributed by atoms with Crippen LogP contribution in [0, 0.1) is 5.82 Å². The number of carboxylic acids is 1. The van der Waals surface area contributed by atoms with Crippen LogP contribution < -0.4 is 5.32 Å². The van der Waals surface area contributed by atoms with E-state index in [0.29, 0.717) is 22.7 Å². The third-order valence-corrected chi connectivity index (χ3v) is 8.22. The molecule has 1 aromatic heterocycles. The van der Waals surface area contributed by atoms with E-state index in [0.717, 1.165) is 50.1 Å². The normalized spacial score (nSPS) is 14.5. The number of aryl methyl sites for hydroxylation is 1. The second-order valence-corrected chi connectivity index (χ2v) is 12.3. The number of nitrogens with one attached hydrogen (secondary N) is 1. The molecule has 2 heterocycles. The molecule has 1 fully saturated rings. The van der Waals surface area contributed by atoms with E-state index >= 15 is 0 Å². The Morgan fingerprint density at radius 1 is 0.977 bits per heavy atom. The van der Waals surface area contributed by atoms with E-state index in [9.17, 15) is 19.1 Å². The van der Waals surface area contributed by atoms with Gasteiger partial charge >= 0.3 is 5.97 Å². The van der Waals surface area contributed by atoms with Gasteiger partial charge in [-0.25, -0.2) is 9.18 Å². The summed E-state index contributed by atoms with van der Waals surface area (Å²) in [5, 5.41) is 16.8. The van der Waals surface area contributed by atoms with Gasteiger partial charge < -0.3 is 10.4 Å². The molecular formula is C35H39FN4O3. The fourth-order valence-electron chi connectivity index (χ4n) is 5.87. The van der Waals surface area contributed by atoms with Gasteiger partial charge in [-0.1, -0.05) is 25.1 Å². The van der Waals surface area contributed by atoms with Crippen molar-refractivity contribution in [2.24, 2.45) is 0 Å². The van der Waals surface area contributed by atoms with Crippen LogP contribution >= 0.6 is 0 Å². The Morgan fingerprint density at radius 3 is 2.26 bits per heavy atom. The van der Waals surface area contributed by atoms with Crippen LogP contribution in [0.5, 0.6) is 0 Å². The van der Waals surface area contributed by atoms with Gasteiger partial charge in [-0.15, -0.1) is 0 Å². The van der Waals surface area contributed by atoms with E-state index in [-0.39, 0.29) is 17.3 Å². The van der Waals surface area contributed by atoms with Gasteiger partial charge in [0, 0.05) is 17.8 Å². The summed E-state index contributed by atoms with van der Waals surface area (Å²) >= 11 is 0. The van der Waals surface area contributed by atoms with E-state index in [1.807, 2.05) is 43.7 Å². The van der Waals surface area contributed by atoms with Crippen LogP contribution in [0.25, 0.3) is 11.3 Å². The SMILES string of the molecule is CCc1ccc(NC(=O)c2cnn(C(C)(C)C)c2-c2ccc(F)cc2)cc1CN1CCC(c2ccc(C(=O)O)cc2)CC1. The summed E-state index contributed by atoms with van der Waals surface area (Å²) in [5.74, 6) is -1.09. The number of rotatable bonds is 8. The maximum Gasteiger partial charge on any atom is 0.335 e. The van der Waals surface area contributed by atoms with Gasteiger partial charge in [-0.2, -0.15) is 5.10 Å². The average Bonchev–Trinajstić information content (AvgIpc) is 3.45. The van der Waals surface area contributed by atoms with Crippen molar-refractivity contribution < 1.29 is 19.1 Å². The van der Waals surface area contributed by atoms with Crippen LogP contribution in [-0.4, -0.2) is 44.8 Å². The summed E-state index contributed by atoms with van der Waals surface area (Å²) in [4.78, 5) is 27.3. The van der Waals surface area contributed by atoms with Gasteiger partial charge in [-0.05, 0) is 124 Å². The largest absolute Gasteiger partial charge is 0.478 e. The van der Waals surface area contributed by atoms with Gasteiger partial charge in [0.2, 0.25) is 0 Å². The molecule has 4 aromatic rings. The number of anilines is 1. The first-order valence-electron chi connectivity index (χ1n) is 14.9. The number of carboxylic acid groups (broad SMARTS) is 1. The summed E-state index contributed by atoms with van der Waals surface area (Å²) in [6.07, 6.45) is 4.49. The van der Waals surface area contributed by atoms with Crippen molar-refractivity contribution in [1.29, 1.82) is 0 Å². The molecule has 0 radical (unpaired) electrons. The van der Waals surface area contributed by atoms with Crippen molar-refractivity contribution in [3.05, 3.63) is 107 Å². The Bertz CT molecular complexity index is 1600. The Hall–Kier alpha value is -4.30. The number of hydrogen-bond acceptors (Lipinski definition) is 4. The molecule has 43 heavy (non-hydrogen) atoms. The Balaban J connectivity index is 1.30. The summed E-state index contributed by atoms with van der Waals surface area (Å²) < 4.78 is 15.5. The molecule has 0 unspecified atom stereocenters. The zero-order chi connectivity index (χ0) is 30.7. The average molecular weight is 583 g/mol. The molecule has 1 saturated heterocycles. The third-order valence-electron chi connectivity index (χ3n) is 8.22. The number of benzene rings is 3. The quantitative estimate of drug-likeness (QED) is 0.227. The number of hydrogen-bond donors (Lipinski definition) is 2. The summed E-state index contributed by atoms with van der Waals surface area (Å²) in [7, 11) is 0. The number of carbonyl (C=O) groups excluding carboxylic acids is 1. The van der Waals surface area contributed by atoms with Crippen LogP contribution in [0.1, 0.15) is 83.9 Å². The van der Waals surface area contributed by atoms with Crippen molar-refractivity contribution in [2.75, 3.05) is 18.4 Å². The molecule has 0 aliphatic carbocycles. The topological polar surface area (TPSA) is 87.5 Å². The molecule has 1 aliphatic rings. The van der Waals surface area contributed by atoms with E-state index in [2.05, 4.69) is 34.4 Å². The van der Waals surface area contributed by atoms with Crippen LogP contribution in [0.15, 0.2) is 72.9 Å². The minimum Gasteiger partial charge on any atom is -0.478 e. The van der Waals surface area contributed by atoms with Crippen LogP contribution in [-0.2, 0) is 18.5 Å². The number of aromatic nitrogens is 2. The Morgan fingerprint density at radius 2 is 1.65 bits per heavy atom. The fourth-order valence-corrected chi connectivity index (χ4v) is 5.87. The van der Waals surface area contributed by atoms with Crippen molar-refractivity contribution in [3.8, 4) is 11.3 Å². The first-order chi connectivity index (χ1) is 20.5. The predicted octanol–water partition coefficient (Wildman–Crippen LogP) is 7.34. The highest BCUT2D eigenvalue weighted by Gasteiger charge is 2.26. The molecule has 3 aromatic carbocycles. The minimum absolute atomic E-state index is 0.264. The maximum atomic E-state index is 13.7. The minimum atomic E-state index is -0.903. The number of halogens is 1. The zero-order valence-electron chi connectivity index (χ0n) is 25.2. The lowest BCUT2D eigenvalue weighted by molar-refractivity contribution is 0.0696. The van der Waals surface area contributed by atoms with Crippen molar-refractivity contribution in [2.45, 2.75) is 65.0 Å². The van der Waals surface area contributed by atoms with Gasteiger partial charge in [0.15, 0.2) is 0 Å². The molecule has 0 atom stereocenters. The predicted molar refractivity (Wildman–Crippen MR) is 167 cm³/mol. The molecule has 0 bridgehead atoms. The fraction of sp³-hybridized carbons (Fsp3) is 0.343. The van der Waals surface area contributed by atoms with E-state index in [4.69, 9.17) is 0 Å². The highest BCUT2D eigenvalue weighted by Crippen LogP contribution is 2.32. The number of aromatic carboxylic acids is 1. The highest BCUT2D eigenvalue weighted by atomic mass is 19.1. The van der Waals surface area contributed by atoms with Crippen molar-refractivity contribution >= 4 is 17.6 Å². The van der Waals surface area contributed by atoms with Crippen LogP contribution in [0.2, 0.25) is 0 Å². The molecule has 5 rings (SSSR count). The highest BCUT2D eigenvalue weighted by molar-refractivity contribution is 6.08. The molecule has 2 N–H and O–H groups in total. The number of likely N-dealkylation sites (tertiary alicyclic amines) is 1. The molecule has 7 nitrogen and oxygen atoms in total. The second-order valence-electron chi connectivity index (χ2n) is 12.3. The Kier molecular flexibility index (Phi) is 8.78. The lowest BCUT2D eigenvalue weighted by atomic mass is 9.88. The van der Waals surface area contributed by atoms with Crippen molar-refractivity contribution in [3.63, 3.8) is 0 Å². The first kappa shape index (κ1) is 30.2. The molecule has 0 spiro atoms. The van der Waals surface area contributed by atoms with Crippen LogP contribution in [0.4, 0.5) is 10.1 Å². The Labute approximate surface area is 252 Å². The number of nitrogens with zero attached hydrogens (tertiary/aromatic N) is 3. The van der Waals surface area contributed by atoms with Gasteiger partial charge in [0.05, 0.1) is 28.6 Å². The van der Waals surface area contributed by atoms with Gasteiger partial charge in [-0.3, -0.25) is 14.4 Å². The molecule has 1 aliphatic heterocycles. The van der Waals surface area contributed by atoms with E-state index in [1.165, 1.54) is 28.8 Å². The first-order valence-corrected chi connectivity index (χ1v) is 14.9. The van der Waals surface area contributed by atoms with Crippen LogP contribution in [0.3, 0.4) is 0 Å². The number of carbonyl (C=O) groups is 2. The van der Waals surface area contributed by atoms with Gasteiger partial charge in [0.25, 0.3) is 5.91 Å². The van der Waals surface area contributed by atoms with E-state index in [1.54, 1.807) is 30.5 Å². The molecular weight excluding hydrogens is 543 g/mol. The van der Waals surface area contributed by atoms with Gasteiger partial charge in [0.1, 0.15) is 5.82 Å². The standard InChI is InChI=1S/C35H39FN4O3/c1-5-23-12-15-30(20-28(23)22-39-18-16-25(17-19-39)24-6-8-27(9-7-24)34(42)43)38-33(41)31-21-37-40(35(2,3)4)32(31)26-10-13-29(36)14-11-26/h6-15,20-21,25H,5,16-19,22H2,1-4H3,(H,38,41)(H,42,43). The monoisotopic (exact) mass is 582 g/mol. The lowest BCUT2D eigenvalue weighted by Gasteiger charge is -2.32. The number of amides is 1. The molecule has 1 amide bonds. The summed E-state index contributed by atoms with van der Waals surface area (Å²) in [6, 6.07) is 19.5. The summed E-state index contributed by atoms with van der Waals surface area (Å²) in [5.41, 5.74) is 6.09. The lowest BCUT2D eigenvalue weighted by Crippen LogP contribution is -2.32. The zero-order valence-corrected chi connectivity index (χ0v) is 25.2. The smallest absolute Gasteiger partial charge is 0.335 e. The maximum absolute atomic E-state index is 13.7.